The first-order valence-electron chi connectivity index (χ1n) is 13.7. The van der Waals surface area contributed by atoms with Gasteiger partial charge in [0.15, 0.2) is 0 Å². The summed E-state index contributed by atoms with van der Waals surface area (Å²) in [4.78, 5) is 33.0. The lowest BCUT2D eigenvalue weighted by atomic mass is 10.1. The fourth-order valence-electron chi connectivity index (χ4n) is 2.84. The molecule has 0 fully saturated rings. The second-order valence-electron chi connectivity index (χ2n) is 8.21. The second kappa shape index (κ2) is 30.8. The molecular formula is C26H49NO12. The Labute approximate surface area is 232 Å². The van der Waals surface area contributed by atoms with E-state index in [0.29, 0.717) is 118 Å². The number of carboxylic acids is 1. The number of hydrogen-bond donors (Lipinski definition) is 2. The molecule has 0 unspecified atom stereocenters. The molecule has 13 nitrogen and oxygen atoms in total. The van der Waals surface area contributed by atoms with Crippen molar-refractivity contribution in [1.82, 2.24) is 5.32 Å². The SMILES string of the molecule is CCCC(=O)CCCOCCOCCOCCOCCOCCOCCOCCOCCC(=O)NCC(=O)O. The van der Waals surface area contributed by atoms with Gasteiger partial charge >= 0.3 is 5.97 Å². The van der Waals surface area contributed by atoms with E-state index in [1.165, 1.54) is 0 Å². The standard InChI is InChI=1S/C26H49NO12/c1-2-4-24(28)5-3-7-32-9-11-34-13-15-36-17-19-38-21-22-39-20-18-37-16-14-35-12-10-33-8-6-25(29)27-23-26(30)31/h2-23H2,1H3,(H,27,29)(H,30,31). The van der Waals surface area contributed by atoms with Crippen molar-refractivity contribution in [3.63, 3.8) is 0 Å². The zero-order chi connectivity index (χ0) is 28.7. The third-order valence-electron chi connectivity index (χ3n) is 4.79. The van der Waals surface area contributed by atoms with Crippen LogP contribution in [0.15, 0.2) is 0 Å². The fraction of sp³-hybridized carbons (Fsp3) is 0.885. The summed E-state index contributed by atoms with van der Waals surface area (Å²) in [6, 6.07) is 0. The van der Waals surface area contributed by atoms with Gasteiger partial charge in [-0.15, -0.1) is 0 Å². The first-order chi connectivity index (χ1) is 19.1. The average molecular weight is 568 g/mol. The molecule has 13 heteroatoms. The van der Waals surface area contributed by atoms with Crippen molar-refractivity contribution in [3.8, 4) is 0 Å². The fourth-order valence-corrected chi connectivity index (χ4v) is 2.84. The molecule has 39 heavy (non-hydrogen) atoms. The maximum atomic E-state index is 11.4. The normalized spacial score (nSPS) is 11.1. The number of carbonyl (C=O) groups is 3. The minimum atomic E-state index is -1.08. The highest BCUT2D eigenvalue weighted by atomic mass is 16.6. The second-order valence-corrected chi connectivity index (χ2v) is 8.21. The van der Waals surface area contributed by atoms with E-state index in [0.717, 1.165) is 12.8 Å². The van der Waals surface area contributed by atoms with Crippen LogP contribution in [-0.2, 0) is 52.3 Å². The minimum Gasteiger partial charge on any atom is -0.480 e. The Kier molecular flexibility index (Phi) is 29.5. The summed E-state index contributed by atoms with van der Waals surface area (Å²) in [5.74, 6) is -1.15. The lowest BCUT2D eigenvalue weighted by Crippen LogP contribution is -2.30. The Morgan fingerprint density at radius 3 is 1.23 bits per heavy atom. The van der Waals surface area contributed by atoms with Gasteiger partial charge in [0.1, 0.15) is 12.3 Å². The van der Waals surface area contributed by atoms with E-state index in [4.69, 9.17) is 43.0 Å². The first-order valence-corrected chi connectivity index (χ1v) is 13.7. The summed E-state index contributed by atoms with van der Waals surface area (Å²) in [6.45, 7) is 8.85. The van der Waals surface area contributed by atoms with Crippen molar-refractivity contribution < 1.29 is 57.4 Å². The van der Waals surface area contributed by atoms with Gasteiger partial charge in [0.05, 0.1) is 99.1 Å². The molecule has 0 heterocycles. The van der Waals surface area contributed by atoms with Gasteiger partial charge < -0.3 is 48.3 Å². The Morgan fingerprint density at radius 1 is 0.513 bits per heavy atom. The number of carbonyl (C=O) groups excluding carboxylic acids is 2. The largest absolute Gasteiger partial charge is 0.480 e. The van der Waals surface area contributed by atoms with E-state index >= 15 is 0 Å². The number of ether oxygens (including phenoxy) is 8. The predicted molar refractivity (Wildman–Crippen MR) is 141 cm³/mol. The summed E-state index contributed by atoms with van der Waals surface area (Å²) < 4.78 is 43.1. The Hall–Kier alpha value is -1.71. The molecule has 1 amide bonds. The van der Waals surface area contributed by atoms with Crippen molar-refractivity contribution in [2.75, 3.05) is 112 Å². The number of hydrogen-bond acceptors (Lipinski definition) is 11. The van der Waals surface area contributed by atoms with Crippen molar-refractivity contribution >= 4 is 17.7 Å². The van der Waals surface area contributed by atoms with E-state index in [1.807, 2.05) is 6.92 Å². The summed E-state index contributed by atoms with van der Waals surface area (Å²) in [6.07, 6.45) is 3.02. The molecule has 0 rings (SSSR count). The summed E-state index contributed by atoms with van der Waals surface area (Å²) in [5, 5.41) is 10.7. The molecule has 0 aromatic rings. The maximum Gasteiger partial charge on any atom is 0.322 e. The first kappa shape index (κ1) is 37.3. The third-order valence-corrected chi connectivity index (χ3v) is 4.79. The lowest BCUT2D eigenvalue weighted by Gasteiger charge is -2.08. The molecule has 0 spiro atoms. The summed E-state index contributed by atoms with van der Waals surface area (Å²) in [5.41, 5.74) is 0. The molecule has 2 N–H and O–H groups in total. The van der Waals surface area contributed by atoms with Crippen LogP contribution < -0.4 is 5.32 Å². The average Bonchev–Trinajstić information content (AvgIpc) is 2.91. The number of aliphatic carboxylic acids is 1. The number of amides is 1. The van der Waals surface area contributed by atoms with Gasteiger partial charge in [0.2, 0.25) is 5.91 Å². The quantitative estimate of drug-likeness (QED) is 0.111. The smallest absolute Gasteiger partial charge is 0.322 e. The van der Waals surface area contributed by atoms with Crippen molar-refractivity contribution in [1.29, 1.82) is 0 Å². The van der Waals surface area contributed by atoms with Crippen molar-refractivity contribution in [2.24, 2.45) is 0 Å². The zero-order valence-corrected chi connectivity index (χ0v) is 23.5. The van der Waals surface area contributed by atoms with Crippen LogP contribution in [0, 0.1) is 0 Å². The van der Waals surface area contributed by atoms with Crippen molar-refractivity contribution in [2.45, 2.75) is 39.0 Å². The van der Waals surface area contributed by atoms with Gasteiger partial charge in [0.25, 0.3) is 0 Å². The highest BCUT2D eigenvalue weighted by Crippen LogP contribution is 1.98. The molecule has 0 aromatic heterocycles. The molecule has 230 valence electrons. The van der Waals surface area contributed by atoms with Gasteiger partial charge in [-0.05, 0) is 12.8 Å². The molecule has 0 saturated carbocycles. The Bertz CT molecular complexity index is 579. The number of rotatable bonds is 32. The van der Waals surface area contributed by atoms with Crippen molar-refractivity contribution in [3.05, 3.63) is 0 Å². The van der Waals surface area contributed by atoms with Crippen LogP contribution in [0.1, 0.15) is 39.0 Å². The van der Waals surface area contributed by atoms with Gasteiger partial charge in [-0.2, -0.15) is 0 Å². The molecule has 0 aromatic carbocycles. The zero-order valence-electron chi connectivity index (χ0n) is 23.5. The van der Waals surface area contributed by atoms with Gasteiger partial charge in [0, 0.05) is 25.9 Å². The minimum absolute atomic E-state index is 0.105. The van der Waals surface area contributed by atoms with Gasteiger partial charge in [-0.3, -0.25) is 14.4 Å². The van der Waals surface area contributed by atoms with E-state index in [-0.39, 0.29) is 18.9 Å². The molecule has 0 bridgehead atoms. The molecule has 0 atom stereocenters. The lowest BCUT2D eigenvalue weighted by molar-refractivity contribution is -0.138. The highest BCUT2D eigenvalue weighted by Gasteiger charge is 2.03. The van der Waals surface area contributed by atoms with E-state index < -0.39 is 12.5 Å². The summed E-state index contributed by atoms with van der Waals surface area (Å²) in [7, 11) is 0. The van der Waals surface area contributed by atoms with E-state index in [1.54, 1.807) is 0 Å². The van der Waals surface area contributed by atoms with Crippen LogP contribution in [0.3, 0.4) is 0 Å². The van der Waals surface area contributed by atoms with Crippen LogP contribution in [0.25, 0.3) is 0 Å². The molecule has 0 aliphatic carbocycles. The van der Waals surface area contributed by atoms with Crippen LogP contribution in [-0.4, -0.2) is 135 Å². The number of ketones is 1. The summed E-state index contributed by atoms with van der Waals surface area (Å²) >= 11 is 0. The number of Topliss-reactive ketones (excluding diaryl/α,β-unsaturated/α-hetero) is 1. The predicted octanol–water partition coefficient (Wildman–Crippen LogP) is 0.860. The van der Waals surface area contributed by atoms with Crippen LogP contribution >= 0.6 is 0 Å². The van der Waals surface area contributed by atoms with Crippen LogP contribution in [0.4, 0.5) is 0 Å². The Balaban J connectivity index is 3.11. The number of carboxylic acid groups (broad SMARTS) is 1. The van der Waals surface area contributed by atoms with E-state index in [9.17, 15) is 14.4 Å². The molecule has 0 saturated heterocycles. The molecule has 0 aliphatic rings. The molecular weight excluding hydrogens is 518 g/mol. The Morgan fingerprint density at radius 2 is 0.872 bits per heavy atom. The topological polar surface area (TPSA) is 157 Å². The maximum absolute atomic E-state index is 11.4. The van der Waals surface area contributed by atoms with Gasteiger partial charge in [-0.25, -0.2) is 0 Å². The van der Waals surface area contributed by atoms with Gasteiger partial charge in [-0.1, -0.05) is 6.92 Å². The number of nitrogens with one attached hydrogen (secondary N) is 1. The third kappa shape index (κ3) is 32.4. The highest BCUT2D eigenvalue weighted by molar-refractivity contribution is 5.81. The monoisotopic (exact) mass is 567 g/mol. The molecule has 0 aliphatic heterocycles. The van der Waals surface area contributed by atoms with E-state index in [2.05, 4.69) is 5.32 Å². The molecule has 0 radical (unpaired) electrons. The van der Waals surface area contributed by atoms with Crippen LogP contribution in [0.2, 0.25) is 0 Å². The van der Waals surface area contributed by atoms with Crippen LogP contribution in [0.5, 0.6) is 0 Å².